The van der Waals surface area contributed by atoms with E-state index in [-0.39, 0.29) is 18.2 Å². The number of fused-ring (bicyclic) bond motifs is 1. The first kappa shape index (κ1) is 21.0. The lowest BCUT2D eigenvalue weighted by atomic mass is 10.1. The Morgan fingerprint density at radius 2 is 1.97 bits per heavy atom. The molecule has 5 nitrogen and oxygen atoms in total. The SMILES string of the molecule is Cc1ccc2cc(CN(CCCO)C(=S)N[C@@H](C)c3ccccc3)c(=O)[nH]c2c1. The molecule has 0 bridgehead atoms. The van der Waals surface area contributed by atoms with Crippen LogP contribution in [0.3, 0.4) is 0 Å². The van der Waals surface area contributed by atoms with Gasteiger partial charge in [0.1, 0.15) is 0 Å². The van der Waals surface area contributed by atoms with Gasteiger partial charge >= 0.3 is 0 Å². The number of hydrogen-bond acceptors (Lipinski definition) is 3. The van der Waals surface area contributed by atoms with E-state index in [0.717, 1.165) is 22.0 Å². The van der Waals surface area contributed by atoms with Crippen LogP contribution in [-0.2, 0) is 6.54 Å². The Bertz CT molecular complexity index is 1030. The van der Waals surface area contributed by atoms with Crippen LogP contribution in [0.15, 0.2) is 59.4 Å². The van der Waals surface area contributed by atoms with E-state index in [2.05, 4.69) is 17.2 Å². The van der Waals surface area contributed by atoms with Crippen molar-refractivity contribution in [1.29, 1.82) is 0 Å². The number of pyridine rings is 1. The van der Waals surface area contributed by atoms with Crippen molar-refractivity contribution < 1.29 is 5.11 Å². The predicted octanol–water partition coefficient (Wildman–Crippen LogP) is 3.66. The predicted molar refractivity (Wildman–Crippen MR) is 122 cm³/mol. The fourth-order valence-electron chi connectivity index (χ4n) is 3.30. The molecule has 3 rings (SSSR count). The smallest absolute Gasteiger partial charge is 0.253 e. The van der Waals surface area contributed by atoms with Gasteiger partial charge < -0.3 is 20.3 Å². The van der Waals surface area contributed by atoms with E-state index in [1.165, 1.54) is 0 Å². The lowest BCUT2D eigenvalue weighted by Gasteiger charge is -2.28. The van der Waals surface area contributed by atoms with Crippen molar-refractivity contribution >= 4 is 28.2 Å². The first-order valence-corrected chi connectivity index (χ1v) is 10.2. The number of hydrogen-bond donors (Lipinski definition) is 3. The van der Waals surface area contributed by atoms with E-state index >= 15 is 0 Å². The van der Waals surface area contributed by atoms with Gasteiger partial charge in [0, 0.05) is 24.2 Å². The minimum absolute atomic E-state index is 0.0400. The van der Waals surface area contributed by atoms with Crippen molar-refractivity contribution in [1.82, 2.24) is 15.2 Å². The molecule has 0 radical (unpaired) electrons. The second-order valence-corrected chi connectivity index (χ2v) is 7.68. The average Bonchev–Trinajstić information content (AvgIpc) is 2.72. The van der Waals surface area contributed by atoms with Gasteiger partial charge in [-0.05, 0) is 61.1 Å². The highest BCUT2D eigenvalue weighted by atomic mass is 32.1. The molecule has 3 N–H and O–H groups in total. The number of aromatic nitrogens is 1. The van der Waals surface area contributed by atoms with Crippen molar-refractivity contribution in [2.24, 2.45) is 0 Å². The van der Waals surface area contributed by atoms with Gasteiger partial charge in [0.05, 0.1) is 12.6 Å². The van der Waals surface area contributed by atoms with Crippen LogP contribution in [0.2, 0.25) is 0 Å². The molecule has 0 fully saturated rings. The van der Waals surface area contributed by atoms with Gasteiger partial charge in [0.2, 0.25) is 0 Å². The molecule has 0 unspecified atom stereocenters. The Labute approximate surface area is 176 Å². The van der Waals surface area contributed by atoms with Crippen LogP contribution < -0.4 is 10.9 Å². The summed E-state index contributed by atoms with van der Waals surface area (Å²) in [5, 5.41) is 14.2. The first-order chi connectivity index (χ1) is 14.0. The third-order valence-electron chi connectivity index (χ3n) is 4.95. The summed E-state index contributed by atoms with van der Waals surface area (Å²) in [4.78, 5) is 17.5. The zero-order valence-electron chi connectivity index (χ0n) is 16.8. The van der Waals surface area contributed by atoms with Gasteiger partial charge in [-0.15, -0.1) is 0 Å². The zero-order valence-corrected chi connectivity index (χ0v) is 17.6. The summed E-state index contributed by atoms with van der Waals surface area (Å²) in [5.41, 5.74) is 3.60. The molecule has 0 saturated carbocycles. The summed E-state index contributed by atoms with van der Waals surface area (Å²) in [5.74, 6) is 0. The third kappa shape index (κ3) is 5.43. The highest BCUT2D eigenvalue weighted by molar-refractivity contribution is 7.80. The summed E-state index contributed by atoms with van der Waals surface area (Å²) in [7, 11) is 0. The van der Waals surface area contributed by atoms with Crippen molar-refractivity contribution in [3.05, 3.63) is 81.6 Å². The van der Waals surface area contributed by atoms with Crippen LogP contribution in [0.25, 0.3) is 10.9 Å². The Hall–Kier alpha value is -2.70. The molecule has 3 aromatic rings. The maximum atomic E-state index is 12.6. The van der Waals surface area contributed by atoms with Crippen LogP contribution in [0, 0.1) is 6.92 Å². The Morgan fingerprint density at radius 1 is 1.21 bits per heavy atom. The van der Waals surface area contributed by atoms with E-state index in [9.17, 15) is 9.90 Å². The monoisotopic (exact) mass is 409 g/mol. The van der Waals surface area contributed by atoms with Crippen LogP contribution >= 0.6 is 12.2 Å². The number of H-pyrrole nitrogens is 1. The number of thiocarbonyl (C=S) groups is 1. The number of aromatic amines is 1. The molecule has 0 amide bonds. The zero-order chi connectivity index (χ0) is 20.8. The summed E-state index contributed by atoms with van der Waals surface area (Å²) in [6, 6.07) is 18.0. The fourth-order valence-corrected chi connectivity index (χ4v) is 3.63. The van der Waals surface area contributed by atoms with Gasteiger partial charge in [-0.25, -0.2) is 0 Å². The molecule has 0 aliphatic rings. The Balaban J connectivity index is 1.80. The number of aliphatic hydroxyl groups excluding tert-OH is 1. The van der Waals surface area contributed by atoms with E-state index in [0.29, 0.717) is 30.2 Å². The summed E-state index contributed by atoms with van der Waals surface area (Å²) < 4.78 is 0. The van der Waals surface area contributed by atoms with Crippen LogP contribution in [0.5, 0.6) is 0 Å². The minimum Gasteiger partial charge on any atom is -0.396 e. The van der Waals surface area contributed by atoms with Gasteiger partial charge in [-0.2, -0.15) is 0 Å². The Kier molecular flexibility index (Phi) is 7.01. The number of aliphatic hydroxyl groups is 1. The molecule has 1 heterocycles. The molecule has 1 aromatic heterocycles. The molecule has 0 aliphatic heterocycles. The maximum absolute atomic E-state index is 12.6. The highest BCUT2D eigenvalue weighted by Crippen LogP contribution is 2.16. The molecule has 0 spiro atoms. The van der Waals surface area contributed by atoms with Crippen molar-refractivity contribution in [2.45, 2.75) is 32.9 Å². The van der Waals surface area contributed by atoms with Gasteiger partial charge in [-0.1, -0.05) is 42.5 Å². The van der Waals surface area contributed by atoms with Crippen LogP contribution in [-0.4, -0.2) is 33.3 Å². The van der Waals surface area contributed by atoms with E-state index in [4.69, 9.17) is 12.2 Å². The molecular weight excluding hydrogens is 382 g/mol. The lowest BCUT2D eigenvalue weighted by molar-refractivity contribution is 0.263. The standard InChI is InChI=1S/C23H27N3O2S/c1-16-9-10-19-14-20(22(28)25-21(19)13-16)15-26(11-6-12-27)23(29)24-17(2)18-7-4-3-5-8-18/h3-5,7-10,13-14,17,27H,6,11-12,15H2,1-2H3,(H,24,29)(H,25,28)/t17-/m0/s1. The second-order valence-electron chi connectivity index (χ2n) is 7.29. The Morgan fingerprint density at radius 3 is 2.69 bits per heavy atom. The molecule has 0 saturated heterocycles. The topological polar surface area (TPSA) is 68.4 Å². The highest BCUT2D eigenvalue weighted by Gasteiger charge is 2.15. The lowest BCUT2D eigenvalue weighted by Crippen LogP contribution is -2.42. The van der Waals surface area contributed by atoms with E-state index in [1.807, 2.05) is 66.4 Å². The summed E-state index contributed by atoms with van der Waals surface area (Å²) >= 11 is 5.64. The van der Waals surface area contributed by atoms with Crippen molar-refractivity contribution in [3.8, 4) is 0 Å². The fraction of sp³-hybridized carbons (Fsp3) is 0.304. The summed E-state index contributed by atoms with van der Waals surface area (Å²) in [6.07, 6.45) is 0.576. The van der Waals surface area contributed by atoms with E-state index in [1.54, 1.807) is 0 Å². The van der Waals surface area contributed by atoms with Gasteiger partial charge in [-0.3, -0.25) is 4.79 Å². The molecule has 152 valence electrons. The third-order valence-corrected chi connectivity index (χ3v) is 5.33. The largest absolute Gasteiger partial charge is 0.396 e. The average molecular weight is 410 g/mol. The number of rotatable bonds is 7. The van der Waals surface area contributed by atoms with E-state index < -0.39 is 0 Å². The van der Waals surface area contributed by atoms with Crippen molar-refractivity contribution in [3.63, 3.8) is 0 Å². The first-order valence-electron chi connectivity index (χ1n) is 9.81. The van der Waals surface area contributed by atoms with Crippen molar-refractivity contribution in [2.75, 3.05) is 13.2 Å². The minimum atomic E-state index is -0.115. The number of nitrogens with zero attached hydrogens (tertiary/aromatic N) is 1. The molecule has 29 heavy (non-hydrogen) atoms. The second kappa shape index (κ2) is 9.67. The normalized spacial score (nSPS) is 12.0. The van der Waals surface area contributed by atoms with Gasteiger partial charge in [0.15, 0.2) is 5.11 Å². The molecule has 0 aliphatic carbocycles. The molecule has 2 aromatic carbocycles. The molecule has 6 heteroatoms. The quantitative estimate of drug-likeness (QED) is 0.520. The number of aryl methyl sites for hydroxylation is 1. The molecular formula is C23H27N3O2S. The summed E-state index contributed by atoms with van der Waals surface area (Å²) in [6.45, 7) is 5.07. The van der Waals surface area contributed by atoms with Crippen LogP contribution in [0.4, 0.5) is 0 Å². The van der Waals surface area contributed by atoms with Crippen LogP contribution in [0.1, 0.15) is 36.1 Å². The number of benzene rings is 2. The number of nitrogens with one attached hydrogen (secondary N) is 2. The molecule has 1 atom stereocenters. The van der Waals surface area contributed by atoms with Gasteiger partial charge in [0.25, 0.3) is 5.56 Å². The maximum Gasteiger partial charge on any atom is 0.253 e.